The Labute approximate surface area is 144 Å². The number of hydrogen-bond acceptors (Lipinski definition) is 4. The third-order valence-corrected chi connectivity index (χ3v) is 4.78. The van der Waals surface area contributed by atoms with Gasteiger partial charge in [0, 0.05) is 31.2 Å². The molecule has 0 radical (unpaired) electrons. The molecule has 0 aliphatic carbocycles. The normalized spacial score (nSPS) is 11.7. The van der Waals surface area contributed by atoms with Gasteiger partial charge in [-0.3, -0.25) is 0 Å². The van der Waals surface area contributed by atoms with Crippen LogP contribution in [0, 0.1) is 6.92 Å². The van der Waals surface area contributed by atoms with E-state index < -0.39 is 9.84 Å². The second-order valence-electron chi connectivity index (χ2n) is 5.72. The van der Waals surface area contributed by atoms with Crippen LogP contribution in [-0.4, -0.2) is 39.5 Å². The first-order valence-electron chi connectivity index (χ1n) is 7.72. The van der Waals surface area contributed by atoms with Gasteiger partial charge in [0.05, 0.1) is 16.9 Å². The Kier molecular flexibility index (Phi) is 5.62. The van der Waals surface area contributed by atoms with Crippen molar-refractivity contribution in [1.29, 1.82) is 0 Å². The average molecular weight is 345 g/mol. The molecule has 0 amide bonds. The van der Waals surface area contributed by atoms with Gasteiger partial charge in [0.15, 0.2) is 9.84 Å². The van der Waals surface area contributed by atoms with Crippen molar-refractivity contribution in [3.8, 4) is 0 Å². The maximum atomic E-state index is 12.2. The van der Waals surface area contributed by atoms with Gasteiger partial charge in [0.1, 0.15) is 0 Å². The zero-order chi connectivity index (χ0) is 17.7. The smallest absolute Gasteiger partial charge is 0.177 e. The van der Waals surface area contributed by atoms with Crippen LogP contribution in [0.1, 0.15) is 12.5 Å². The van der Waals surface area contributed by atoms with Gasteiger partial charge in [-0.25, -0.2) is 13.4 Å². The first-order chi connectivity index (χ1) is 11.3. The predicted molar refractivity (Wildman–Crippen MR) is 100 cm³/mol. The summed E-state index contributed by atoms with van der Waals surface area (Å²) >= 11 is 0. The molecule has 0 saturated heterocycles. The molecule has 0 spiro atoms. The number of sulfone groups is 1. The minimum absolute atomic E-state index is 0.215. The summed E-state index contributed by atoms with van der Waals surface area (Å²) in [6.07, 6.45) is 2.85. The number of rotatable bonds is 6. The topological polar surface area (TPSA) is 61.8 Å². The minimum Gasteiger partial charge on any atom is -0.366 e. The molecule has 0 saturated carbocycles. The van der Waals surface area contributed by atoms with Crippen LogP contribution in [0.25, 0.3) is 0 Å². The molecule has 0 aliphatic rings. The molecule has 6 heteroatoms. The van der Waals surface area contributed by atoms with Crippen molar-refractivity contribution >= 4 is 33.2 Å². The van der Waals surface area contributed by atoms with Gasteiger partial charge in [-0.1, -0.05) is 18.2 Å². The molecular formula is C18H23N3O2S. The second kappa shape index (κ2) is 7.49. The van der Waals surface area contributed by atoms with Crippen LogP contribution in [0.4, 0.5) is 17.1 Å². The average Bonchev–Trinajstić information content (AvgIpc) is 2.54. The molecule has 2 aromatic carbocycles. The lowest BCUT2D eigenvalue weighted by Crippen LogP contribution is -2.14. The van der Waals surface area contributed by atoms with E-state index in [0.717, 1.165) is 23.5 Å². The van der Waals surface area contributed by atoms with Gasteiger partial charge < -0.3 is 10.2 Å². The van der Waals surface area contributed by atoms with E-state index in [1.165, 1.54) is 6.26 Å². The predicted octanol–water partition coefficient (Wildman–Crippen LogP) is 3.75. The highest BCUT2D eigenvalue weighted by molar-refractivity contribution is 7.90. The fourth-order valence-corrected chi connectivity index (χ4v) is 2.95. The van der Waals surface area contributed by atoms with Crippen molar-refractivity contribution in [2.24, 2.45) is 4.99 Å². The second-order valence-corrected chi connectivity index (χ2v) is 7.70. The molecule has 1 N–H and O–H groups in total. The molecule has 0 heterocycles. The first kappa shape index (κ1) is 18.0. The van der Waals surface area contributed by atoms with E-state index in [1.807, 2.05) is 56.1 Å². The standard InChI is InChI=1S/C18H23N3O2S/c1-5-21(3)13-19-17-11-14(2)16(12-18(17)24(4,22)23)20-15-9-7-6-8-10-15/h6-13,20H,5H2,1-4H3/b19-13+. The summed E-state index contributed by atoms with van der Waals surface area (Å²) < 4.78 is 24.3. The maximum absolute atomic E-state index is 12.2. The van der Waals surface area contributed by atoms with Gasteiger partial charge in [0.2, 0.25) is 0 Å². The van der Waals surface area contributed by atoms with Gasteiger partial charge in [0.25, 0.3) is 0 Å². The zero-order valence-electron chi connectivity index (χ0n) is 14.4. The number of aryl methyl sites for hydroxylation is 1. The van der Waals surface area contributed by atoms with E-state index in [9.17, 15) is 8.42 Å². The van der Waals surface area contributed by atoms with E-state index in [1.54, 1.807) is 18.5 Å². The van der Waals surface area contributed by atoms with Gasteiger partial charge in [-0.2, -0.15) is 0 Å². The maximum Gasteiger partial charge on any atom is 0.177 e. The van der Waals surface area contributed by atoms with E-state index in [4.69, 9.17) is 0 Å². The lowest BCUT2D eigenvalue weighted by atomic mass is 10.1. The van der Waals surface area contributed by atoms with Crippen LogP contribution in [0.2, 0.25) is 0 Å². The van der Waals surface area contributed by atoms with Crippen molar-refractivity contribution in [2.45, 2.75) is 18.7 Å². The molecular weight excluding hydrogens is 322 g/mol. The van der Waals surface area contributed by atoms with E-state index >= 15 is 0 Å². The van der Waals surface area contributed by atoms with E-state index in [2.05, 4.69) is 10.3 Å². The number of nitrogens with zero attached hydrogens (tertiary/aromatic N) is 2. The molecule has 0 fully saturated rings. The molecule has 0 atom stereocenters. The van der Waals surface area contributed by atoms with Crippen LogP contribution >= 0.6 is 0 Å². The van der Waals surface area contributed by atoms with Crippen molar-refractivity contribution in [3.63, 3.8) is 0 Å². The molecule has 0 unspecified atom stereocenters. The number of para-hydroxylation sites is 1. The molecule has 0 aliphatic heterocycles. The zero-order valence-corrected chi connectivity index (χ0v) is 15.3. The Balaban J connectivity index is 2.47. The summed E-state index contributed by atoms with van der Waals surface area (Å²) in [5.74, 6) is 0. The van der Waals surface area contributed by atoms with Gasteiger partial charge >= 0.3 is 0 Å². The van der Waals surface area contributed by atoms with Gasteiger partial charge in [-0.05, 0) is 43.7 Å². The van der Waals surface area contributed by atoms with Crippen LogP contribution in [0.5, 0.6) is 0 Å². The van der Waals surface area contributed by atoms with Crippen LogP contribution in [-0.2, 0) is 9.84 Å². The molecule has 0 aromatic heterocycles. The Morgan fingerprint density at radius 3 is 2.46 bits per heavy atom. The van der Waals surface area contributed by atoms with Crippen LogP contribution in [0.3, 0.4) is 0 Å². The number of aliphatic imine (C=N–C) groups is 1. The van der Waals surface area contributed by atoms with Crippen LogP contribution in [0.15, 0.2) is 52.4 Å². The minimum atomic E-state index is -3.39. The fourth-order valence-electron chi connectivity index (χ4n) is 2.12. The third kappa shape index (κ3) is 4.58. The molecule has 24 heavy (non-hydrogen) atoms. The summed E-state index contributed by atoms with van der Waals surface area (Å²) in [5, 5.41) is 3.26. The fraction of sp³-hybridized carbons (Fsp3) is 0.278. The van der Waals surface area contributed by atoms with Crippen molar-refractivity contribution in [1.82, 2.24) is 4.90 Å². The summed E-state index contributed by atoms with van der Waals surface area (Å²) in [6.45, 7) is 4.73. The quantitative estimate of drug-likeness (QED) is 0.640. The summed E-state index contributed by atoms with van der Waals surface area (Å²) in [5.41, 5.74) is 3.04. The molecule has 128 valence electrons. The largest absolute Gasteiger partial charge is 0.366 e. The molecule has 2 rings (SSSR count). The van der Waals surface area contributed by atoms with E-state index in [-0.39, 0.29) is 4.90 Å². The number of nitrogens with one attached hydrogen (secondary N) is 1. The number of anilines is 2. The monoisotopic (exact) mass is 345 g/mol. The Hall–Kier alpha value is -2.34. The molecule has 2 aromatic rings. The summed E-state index contributed by atoms with van der Waals surface area (Å²) in [4.78, 5) is 6.45. The van der Waals surface area contributed by atoms with Crippen molar-refractivity contribution in [2.75, 3.05) is 25.2 Å². The highest BCUT2D eigenvalue weighted by atomic mass is 32.2. The Morgan fingerprint density at radius 1 is 1.21 bits per heavy atom. The summed E-state index contributed by atoms with van der Waals surface area (Å²) in [6, 6.07) is 13.1. The lowest BCUT2D eigenvalue weighted by Gasteiger charge is -2.14. The van der Waals surface area contributed by atoms with Gasteiger partial charge in [-0.15, -0.1) is 0 Å². The first-order valence-corrected chi connectivity index (χ1v) is 9.61. The van der Waals surface area contributed by atoms with E-state index in [0.29, 0.717) is 5.69 Å². The lowest BCUT2D eigenvalue weighted by molar-refractivity contribution is 0.552. The summed E-state index contributed by atoms with van der Waals surface area (Å²) in [7, 11) is -1.50. The molecule has 5 nitrogen and oxygen atoms in total. The number of hydrogen-bond donors (Lipinski definition) is 1. The molecule has 0 bridgehead atoms. The van der Waals surface area contributed by atoms with Crippen molar-refractivity contribution < 1.29 is 8.42 Å². The third-order valence-electron chi connectivity index (χ3n) is 3.65. The number of benzene rings is 2. The SMILES string of the molecule is CCN(C)/C=N/c1cc(C)c(Nc2ccccc2)cc1S(C)(=O)=O. The highest BCUT2D eigenvalue weighted by Gasteiger charge is 2.16. The van der Waals surface area contributed by atoms with Crippen LogP contribution < -0.4 is 5.32 Å². The van der Waals surface area contributed by atoms with Crippen molar-refractivity contribution in [3.05, 3.63) is 48.0 Å². The highest BCUT2D eigenvalue weighted by Crippen LogP contribution is 2.32. The Morgan fingerprint density at radius 2 is 1.88 bits per heavy atom. The Bertz CT molecular complexity index is 831.